The predicted octanol–water partition coefficient (Wildman–Crippen LogP) is 8.15. The van der Waals surface area contributed by atoms with Crippen LogP contribution in [0.4, 0.5) is 0 Å². The zero-order valence-corrected chi connectivity index (χ0v) is 22.0. The fraction of sp³-hybridized carbons (Fsp3) is 0.161. The monoisotopic (exact) mass is 607 g/mol. The summed E-state index contributed by atoms with van der Waals surface area (Å²) in [5.41, 5.74) is 9.26. The number of aromatic nitrogens is 1. The van der Waals surface area contributed by atoms with Crippen LogP contribution in [0.3, 0.4) is 0 Å². The minimum absolute atomic E-state index is 0. The van der Waals surface area contributed by atoms with Gasteiger partial charge in [0.15, 0.2) is 0 Å². The molecule has 0 fully saturated rings. The van der Waals surface area contributed by atoms with Crippen molar-refractivity contribution in [3.63, 3.8) is 0 Å². The third-order valence-electron chi connectivity index (χ3n) is 5.92. The van der Waals surface area contributed by atoms with Gasteiger partial charge in [-0.15, -0.1) is 29.3 Å². The Morgan fingerprint density at radius 2 is 1.67 bits per heavy atom. The van der Waals surface area contributed by atoms with Crippen LogP contribution >= 0.6 is 0 Å². The molecule has 0 radical (unpaired) electrons. The zero-order valence-electron chi connectivity index (χ0n) is 19.6. The van der Waals surface area contributed by atoms with Gasteiger partial charge in [0.25, 0.3) is 0 Å². The van der Waals surface area contributed by atoms with Gasteiger partial charge in [-0.1, -0.05) is 87.4 Å². The number of pyridine rings is 1. The SMILES string of the molecule is CC1(C)c2ccccc2-c2c[c-]c(-c3nccc4ccccc34)cc21.[CH-]=C(C)/C=C(\[CH2-])C.[Ir+3]. The van der Waals surface area contributed by atoms with E-state index in [1.807, 2.05) is 26.1 Å². The molecule has 0 N–H and O–H groups in total. The van der Waals surface area contributed by atoms with Crippen LogP contribution in [0.5, 0.6) is 0 Å². The van der Waals surface area contributed by atoms with Gasteiger partial charge in [-0.05, 0) is 33.5 Å². The van der Waals surface area contributed by atoms with Crippen molar-refractivity contribution in [1.82, 2.24) is 4.98 Å². The van der Waals surface area contributed by atoms with Crippen LogP contribution in [0, 0.1) is 19.6 Å². The first-order chi connectivity index (χ1) is 15.3. The molecule has 1 heterocycles. The van der Waals surface area contributed by atoms with E-state index in [2.05, 4.69) is 98.6 Å². The van der Waals surface area contributed by atoms with Crippen LogP contribution in [0.25, 0.3) is 33.2 Å². The van der Waals surface area contributed by atoms with Gasteiger partial charge in [0.1, 0.15) is 0 Å². The Kier molecular flexibility index (Phi) is 7.42. The maximum absolute atomic E-state index is 5.29. The molecule has 0 amide bonds. The Morgan fingerprint density at radius 1 is 0.970 bits per heavy atom. The van der Waals surface area contributed by atoms with Crippen molar-refractivity contribution in [2.75, 3.05) is 0 Å². The minimum atomic E-state index is 0. The van der Waals surface area contributed by atoms with Crippen molar-refractivity contribution >= 4 is 10.8 Å². The molecular weight excluding hydrogens is 579 g/mol. The number of hydrogen-bond acceptors (Lipinski definition) is 1. The second kappa shape index (κ2) is 9.91. The van der Waals surface area contributed by atoms with Gasteiger partial charge < -0.3 is 4.98 Å². The van der Waals surface area contributed by atoms with Crippen LogP contribution < -0.4 is 0 Å². The van der Waals surface area contributed by atoms with Crippen LogP contribution in [0.2, 0.25) is 0 Å². The summed E-state index contributed by atoms with van der Waals surface area (Å²) in [4.78, 5) is 4.67. The van der Waals surface area contributed by atoms with Crippen LogP contribution in [-0.4, -0.2) is 4.98 Å². The molecule has 5 rings (SSSR count). The van der Waals surface area contributed by atoms with Crippen LogP contribution in [0.15, 0.2) is 90.1 Å². The molecule has 0 atom stereocenters. The number of rotatable bonds is 2. The summed E-state index contributed by atoms with van der Waals surface area (Å²) in [7, 11) is 0. The standard InChI is InChI=1S/C24H18N.C7H10.Ir/c1-24(2)21-10-6-5-9-19(21)20-12-11-17(15-22(20)24)23-18-8-4-3-7-16(18)13-14-25-23;1-6(2)5-7(3)4;/h3-10,12-15H,1-2H3;1,5H,3H2,2,4H3;/q-1;-2;+3/b;7-5+;. The van der Waals surface area contributed by atoms with E-state index in [4.69, 9.17) is 6.58 Å². The summed E-state index contributed by atoms with van der Waals surface area (Å²) in [6.07, 6.45) is 3.72. The Hall–Kier alpha value is -2.93. The van der Waals surface area contributed by atoms with E-state index in [9.17, 15) is 0 Å². The summed E-state index contributed by atoms with van der Waals surface area (Å²) in [6, 6.07) is 27.1. The zero-order chi connectivity index (χ0) is 22.9. The van der Waals surface area contributed by atoms with Crippen molar-refractivity contribution in [2.45, 2.75) is 33.1 Å². The van der Waals surface area contributed by atoms with Crippen molar-refractivity contribution in [3.05, 3.63) is 121 Å². The molecule has 0 aliphatic heterocycles. The molecule has 0 unspecified atom stereocenters. The van der Waals surface area contributed by atoms with Gasteiger partial charge in [-0.3, -0.25) is 6.58 Å². The number of fused-ring (bicyclic) bond motifs is 4. The molecule has 33 heavy (non-hydrogen) atoms. The number of benzene rings is 3. The van der Waals surface area contributed by atoms with Gasteiger partial charge in [0.2, 0.25) is 0 Å². The fourth-order valence-electron chi connectivity index (χ4n) is 4.50. The second-order valence-corrected chi connectivity index (χ2v) is 8.96. The molecule has 1 aromatic heterocycles. The van der Waals surface area contributed by atoms with E-state index in [-0.39, 0.29) is 25.5 Å². The Labute approximate surface area is 211 Å². The van der Waals surface area contributed by atoms with Crippen molar-refractivity contribution in [3.8, 4) is 22.4 Å². The van der Waals surface area contributed by atoms with Crippen LogP contribution in [-0.2, 0) is 25.5 Å². The largest absolute Gasteiger partial charge is 3.00 e. The summed E-state index contributed by atoms with van der Waals surface area (Å²) < 4.78 is 0. The smallest absolute Gasteiger partial charge is 0.304 e. The molecular formula is C31H28IrN. The van der Waals surface area contributed by atoms with E-state index >= 15 is 0 Å². The molecule has 0 bridgehead atoms. The summed E-state index contributed by atoms with van der Waals surface area (Å²) in [6.45, 7) is 17.3. The van der Waals surface area contributed by atoms with Gasteiger partial charge in [-0.25, -0.2) is 24.1 Å². The van der Waals surface area contributed by atoms with Crippen molar-refractivity contribution < 1.29 is 20.1 Å². The summed E-state index contributed by atoms with van der Waals surface area (Å²) >= 11 is 0. The van der Waals surface area contributed by atoms with Gasteiger partial charge in [-0.2, -0.15) is 0 Å². The van der Waals surface area contributed by atoms with E-state index in [1.165, 1.54) is 33.0 Å². The molecule has 4 aromatic rings. The molecule has 2 heteroatoms. The topological polar surface area (TPSA) is 12.9 Å². The second-order valence-electron chi connectivity index (χ2n) is 8.96. The van der Waals surface area contributed by atoms with Gasteiger partial charge >= 0.3 is 20.1 Å². The third-order valence-corrected chi connectivity index (χ3v) is 5.92. The van der Waals surface area contributed by atoms with E-state index in [0.717, 1.165) is 22.4 Å². The quantitative estimate of drug-likeness (QED) is 0.166. The summed E-state index contributed by atoms with van der Waals surface area (Å²) in [5, 5.41) is 2.39. The Balaban J connectivity index is 0.000000337. The third kappa shape index (κ3) is 4.88. The summed E-state index contributed by atoms with van der Waals surface area (Å²) in [5.74, 6) is 0. The number of nitrogens with zero attached hydrogens (tertiary/aromatic N) is 1. The maximum Gasteiger partial charge on any atom is 3.00 e. The van der Waals surface area contributed by atoms with E-state index in [0.29, 0.717) is 0 Å². The van der Waals surface area contributed by atoms with Gasteiger partial charge in [0.05, 0.1) is 0 Å². The molecule has 3 aromatic carbocycles. The molecule has 166 valence electrons. The minimum Gasteiger partial charge on any atom is -0.304 e. The number of allylic oxidation sites excluding steroid dienone is 3. The number of hydrogen-bond donors (Lipinski definition) is 0. The first-order valence-corrected chi connectivity index (χ1v) is 10.9. The Bertz CT molecular complexity index is 1330. The van der Waals surface area contributed by atoms with E-state index < -0.39 is 0 Å². The Morgan fingerprint density at radius 3 is 2.36 bits per heavy atom. The predicted molar refractivity (Wildman–Crippen MR) is 136 cm³/mol. The van der Waals surface area contributed by atoms with Crippen molar-refractivity contribution in [1.29, 1.82) is 0 Å². The first-order valence-electron chi connectivity index (χ1n) is 10.9. The van der Waals surface area contributed by atoms with Crippen LogP contribution in [0.1, 0.15) is 38.8 Å². The maximum atomic E-state index is 5.29. The molecule has 0 saturated heterocycles. The molecule has 1 aliphatic rings. The fourth-order valence-corrected chi connectivity index (χ4v) is 4.50. The normalized spacial score (nSPS) is 13.3. The molecule has 0 saturated carbocycles. The average molecular weight is 607 g/mol. The molecule has 1 aliphatic carbocycles. The first kappa shape index (κ1) is 24.7. The average Bonchev–Trinajstić information content (AvgIpc) is 3.00. The molecule has 1 nitrogen and oxygen atoms in total. The van der Waals surface area contributed by atoms with Crippen molar-refractivity contribution in [2.24, 2.45) is 0 Å². The molecule has 0 spiro atoms. The van der Waals surface area contributed by atoms with E-state index in [1.54, 1.807) is 0 Å². The van der Waals surface area contributed by atoms with Gasteiger partial charge in [0, 0.05) is 6.20 Å².